The van der Waals surface area contributed by atoms with Gasteiger partial charge in [-0.15, -0.1) is 11.8 Å². The summed E-state index contributed by atoms with van der Waals surface area (Å²) in [5.41, 5.74) is 3.47. The molecule has 0 aliphatic carbocycles. The fourth-order valence-electron chi connectivity index (χ4n) is 2.26. The number of carbonyl (C=O) groups excluding carboxylic acids is 3. The standard InChI is InChI=1S/C21H23NO4S/c1-13-5-10-19(11-14(13)2)27-12-20(24)26-16(4)21(25)22-18-8-6-17(7-9-18)15(3)23/h5-11,16H,12H2,1-4H3,(H,22,25)/t16-/m1/s1. The molecule has 2 aromatic carbocycles. The summed E-state index contributed by atoms with van der Waals surface area (Å²) in [4.78, 5) is 36.4. The van der Waals surface area contributed by atoms with E-state index in [-0.39, 0.29) is 11.5 Å². The van der Waals surface area contributed by atoms with E-state index in [0.29, 0.717) is 11.3 Å². The summed E-state index contributed by atoms with van der Waals surface area (Å²) in [6, 6.07) is 12.5. The van der Waals surface area contributed by atoms with Gasteiger partial charge in [-0.05, 0) is 75.2 Å². The number of esters is 1. The molecule has 0 aliphatic rings. The van der Waals surface area contributed by atoms with Gasteiger partial charge in [-0.3, -0.25) is 14.4 Å². The number of Topliss-reactive ketones (excluding diaryl/α,β-unsaturated/α-hetero) is 1. The van der Waals surface area contributed by atoms with Gasteiger partial charge in [0.1, 0.15) is 0 Å². The summed E-state index contributed by atoms with van der Waals surface area (Å²) in [5.74, 6) is -0.785. The number of hydrogen-bond donors (Lipinski definition) is 1. The molecule has 1 amide bonds. The monoisotopic (exact) mass is 385 g/mol. The highest BCUT2D eigenvalue weighted by molar-refractivity contribution is 8.00. The highest BCUT2D eigenvalue weighted by atomic mass is 32.2. The molecule has 0 aliphatic heterocycles. The fraction of sp³-hybridized carbons (Fsp3) is 0.286. The molecule has 6 heteroatoms. The quantitative estimate of drug-likeness (QED) is 0.440. The van der Waals surface area contributed by atoms with Gasteiger partial charge in [0.25, 0.3) is 5.91 Å². The zero-order valence-electron chi connectivity index (χ0n) is 15.9. The number of ether oxygens (including phenoxy) is 1. The molecule has 2 rings (SSSR count). The predicted molar refractivity (Wildman–Crippen MR) is 107 cm³/mol. The Bertz CT molecular complexity index is 846. The van der Waals surface area contributed by atoms with E-state index in [1.165, 1.54) is 31.2 Å². The number of ketones is 1. The van der Waals surface area contributed by atoms with Crippen LogP contribution in [0.15, 0.2) is 47.4 Å². The molecular weight excluding hydrogens is 362 g/mol. The number of rotatable bonds is 7. The molecule has 0 bridgehead atoms. The number of aryl methyl sites for hydroxylation is 2. The Hall–Kier alpha value is -2.60. The summed E-state index contributed by atoms with van der Waals surface area (Å²) in [5, 5.41) is 2.67. The van der Waals surface area contributed by atoms with Crippen LogP contribution in [0.25, 0.3) is 0 Å². The average Bonchev–Trinajstić information content (AvgIpc) is 2.63. The van der Waals surface area contributed by atoms with Gasteiger partial charge in [0.2, 0.25) is 0 Å². The maximum absolute atomic E-state index is 12.2. The van der Waals surface area contributed by atoms with E-state index >= 15 is 0 Å². The van der Waals surface area contributed by atoms with Gasteiger partial charge in [0, 0.05) is 16.1 Å². The Morgan fingerprint density at radius 3 is 2.30 bits per heavy atom. The highest BCUT2D eigenvalue weighted by Gasteiger charge is 2.18. The van der Waals surface area contributed by atoms with Crippen LogP contribution in [0.2, 0.25) is 0 Å². The predicted octanol–water partition coefficient (Wildman–Crippen LogP) is 4.17. The topological polar surface area (TPSA) is 72.5 Å². The Kier molecular flexibility index (Phi) is 7.19. The van der Waals surface area contributed by atoms with Crippen LogP contribution in [0.4, 0.5) is 5.69 Å². The van der Waals surface area contributed by atoms with Crippen LogP contribution in [0.5, 0.6) is 0 Å². The minimum Gasteiger partial charge on any atom is -0.452 e. The van der Waals surface area contributed by atoms with Crippen molar-refractivity contribution >= 4 is 35.1 Å². The average molecular weight is 385 g/mol. The second kappa shape index (κ2) is 9.37. The summed E-state index contributed by atoms with van der Waals surface area (Å²) in [6.07, 6.45) is -0.912. The SMILES string of the molecule is CC(=O)c1ccc(NC(=O)[C@@H](C)OC(=O)CSc2ccc(C)c(C)c2)cc1. The third-order valence-corrected chi connectivity index (χ3v) is 5.04. The summed E-state index contributed by atoms with van der Waals surface area (Å²) in [6.45, 7) is 7.06. The van der Waals surface area contributed by atoms with E-state index in [1.54, 1.807) is 24.3 Å². The van der Waals surface area contributed by atoms with Crippen molar-refractivity contribution in [3.05, 3.63) is 59.2 Å². The Morgan fingerprint density at radius 2 is 1.70 bits per heavy atom. The molecule has 0 saturated heterocycles. The molecule has 0 aromatic heterocycles. The van der Waals surface area contributed by atoms with Crippen LogP contribution in [0.3, 0.4) is 0 Å². The molecule has 2 aromatic rings. The summed E-state index contributed by atoms with van der Waals surface area (Å²) >= 11 is 1.38. The number of thioether (sulfide) groups is 1. The zero-order valence-corrected chi connectivity index (χ0v) is 16.7. The number of carbonyl (C=O) groups is 3. The molecule has 1 atom stereocenters. The maximum Gasteiger partial charge on any atom is 0.317 e. The molecule has 0 heterocycles. The van der Waals surface area contributed by atoms with E-state index in [9.17, 15) is 14.4 Å². The lowest BCUT2D eigenvalue weighted by molar-refractivity contribution is -0.150. The molecule has 0 spiro atoms. The van der Waals surface area contributed by atoms with Crippen LogP contribution < -0.4 is 5.32 Å². The first-order valence-corrected chi connectivity index (χ1v) is 9.56. The first kappa shape index (κ1) is 20.7. The summed E-state index contributed by atoms with van der Waals surface area (Å²) < 4.78 is 5.20. The van der Waals surface area contributed by atoms with Crippen molar-refractivity contribution in [2.75, 3.05) is 11.1 Å². The normalized spacial score (nSPS) is 11.6. The van der Waals surface area contributed by atoms with Crippen molar-refractivity contribution < 1.29 is 19.1 Å². The van der Waals surface area contributed by atoms with Crippen LogP contribution in [0, 0.1) is 13.8 Å². The molecule has 1 N–H and O–H groups in total. The minimum absolute atomic E-state index is 0.0450. The first-order valence-electron chi connectivity index (χ1n) is 8.57. The smallest absolute Gasteiger partial charge is 0.317 e. The van der Waals surface area contributed by atoms with Gasteiger partial charge in [-0.1, -0.05) is 6.07 Å². The van der Waals surface area contributed by atoms with Gasteiger partial charge in [-0.25, -0.2) is 0 Å². The van der Waals surface area contributed by atoms with E-state index in [1.807, 2.05) is 32.0 Å². The Morgan fingerprint density at radius 1 is 1.04 bits per heavy atom. The van der Waals surface area contributed by atoms with Crippen molar-refractivity contribution in [3.63, 3.8) is 0 Å². The molecule has 0 saturated carbocycles. The van der Waals surface area contributed by atoms with Gasteiger partial charge < -0.3 is 10.1 Å². The Balaban J connectivity index is 1.83. The fourth-order valence-corrected chi connectivity index (χ4v) is 3.04. The van der Waals surface area contributed by atoms with Gasteiger partial charge >= 0.3 is 5.97 Å². The van der Waals surface area contributed by atoms with E-state index in [2.05, 4.69) is 5.32 Å². The van der Waals surface area contributed by atoms with E-state index in [0.717, 1.165) is 10.5 Å². The van der Waals surface area contributed by atoms with Crippen molar-refractivity contribution in [1.29, 1.82) is 0 Å². The minimum atomic E-state index is -0.912. The van der Waals surface area contributed by atoms with E-state index in [4.69, 9.17) is 4.74 Å². The number of hydrogen-bond acceptors (Lipinski definition) is 5. The number of nitrogens with one attached hydrogen (secondary N) is 1. The van der Waals surface area contributed by atoms with Crippen LogP contribution in [-0.2, 0) is 14.3 Å². The Labute approximate surface area is 163 Å². The largest absolute Gasteiger partial charge is 0.452 e. The number of benzene rings is 2. The van der Waals surface area contributed by atoms with Crippen LogP contribution >= 0.6 is 11.8 Å². The molecule has 27 heavy (non-hydrogen) atoms. The molecule has 0 fully saturated rings. The number of anilines is 1. The second-order valence-electron chi connectivity index (χ2n) is 6.29. The first-order chi connectivity index (χ1) is 12.8. The van der Waals surface area contributed by atoms with Crippen molar-refractivity contribution in [2.45, 2.75) is 38.7 Å². The molecule has 142 valence electrons. The summed E-state index contributed by atoms with van der Waals surface area (Å²) in [7, 11) is 0. The lowest BCUT2D eigenvalue weighted by atomic mass is 10.1. The second-order valence-corrected chi connectivity index (χ2v) is 7.34. The highest BCUT2D eigenvalue weighted by Crippen LogP contribution is 2.21. The van der Waals surface area contributed by atoms with Gasteiger partial charge in [0.15, 0.2) is 11.9 Å². The maximum atomic E-state index is 12.2. The molecule has 0 radical (unpaired) electrons. The molecule has 0 unspecified atom stereocenters. The van der Waals surface area contributed by atoms with Crippen molar-refractivity contribution in [1.82, 2.24) is 0 Å². The third-order valence-electron chi connectivity index (χ3n) is 4.07. The molecular formula is C21H23NO4S. The van der Waals surface area contributed by atoms with Gasteiger partial charge in [0.05, 0.1) is 5.75 Å². The van der Waals surface area contributed by atoms with E-state index < -0.39 is 18.0 Å². The van der Waals surface area contributed by atoms with Crippen LogP contribution in [-0.4, -0.2) is 29.5 Å². The third kappa shape index (κ3) is 6.25. The van der Waals surface area contributed by atoms with Gasteiger partial charge in [-0.2, -0.15) is 0 Å². The number of amides is 1. The van der Waals surface area contributed by atoms with Crippen LogP contribution in [0.1, 0.15) is 35.3 Å². The lowest BCUT2D eigenvalue weighted by Gasteiger charge is -2.14. The van der Waals surface area contributed by atoms with Crippen molar-refractivity contribution in [2.24, 2.45) is 0 Å². The zero-order chi connectivity index (χ0) is 20.0. The lowest BCUT2D eigenvalue weighted by Crippen LogP contribution is -2.30. The molecule has 5 nitrogen and oxygen atoms in total. The van der Waals surface area contributed by atoms with Crippen molar-refractivity contribution in [3.8, 4) is 0 Å².